The molecular weight excluding hydrogens is 255 g/mol. The number of halogens is 1. The lowest BCUT2D eigenvalue weighted by Gasteiger charge is -2.29. The number of nitrogens with one attached hydrogen (secondary N) is 1. The monoisotopic (exact) mass is 264 g/mol. The van der Waals surface area contributed by atoms with Crippen molar-refractivity contribution in [2.75, 3.05) is 4.90 Å². The molecule has 2 rings (SSSR count). The van der Waals surface area contributed by atoms with E-state index in [0.29, 0.717) is 4.90 Å². The van der Waals surface area contributed by atoms with E-state index in [1.54, 1.807) is 0 Å². The number of barbiturate groups is 1. The summed E-state index contributed by atoms with van der Waals surface area (Å²) in [4.78, 5) is 46.8. The Morgan fingerprint density at radius 2 is 1.89 bits per heavy atom. The number of carbonyl (C=O) groups excluding carboxylic acids is 4. The predicted octanol–water partition coefficient (Wildman–Crippen LogP) is 0.614. The molecule has 1 atom stereocenters. The minimum atomic E-state index is -1.63. The molecule has 1 N–H and O–H groups in total. The second-order valence-corrected chi connectivity index (χ2v) is 3.96. The second-order valence-electron chi connectivity index (χ2n) is 3.96. The van der Waals surface area contributed by atoms with Crippen molar-refractivity contribution < 1.29 is 23.6 Å². The first kappa shape index (κ1) is 12.9. The van der Waals surface area contributed by atoms with Crippen LogP contribution in [0.15, 0.2) is 24.3 Å². The van der Waals surface area contributed by atoms with Gasteiger partial charge in [0.1, 0.15) is 5.82 Å². The molecule has 6 nitrogen and oxygen atoms in total. The zero-order valence-electron chi connectivity index (χ0n) is 9.84. The summed E-state index contributed by atoms with van der Waals surface area (Å²) in [5, 5.41) is 1.86. The van der Waals surface area contributed by atoms with Crippen LogP contribution in [0.3, 0.4) is 0 Å². The Labute approximate surface area is 107 Å². The lowest BCUT2D eigenvalue weighted by Crippen LogP contribution is -2.60. The number of Topliss-reactive ketones (excluding diaryl/α,β-unsaturated/α-hetero) is 1. The Hall–Kier alpha value is -2.57. The van der Waals surface area contributed by atoms with E-state index in [0.717, 1.165) is 13.0 Å². The maximum atomic E-state index is 13.6. The first-order valence-corrected chi connectivity index (χ1v) is 5.37. The fourth-order valence-corrected chi connectivity index (χ4v) is 1.79. The number of rotatable bonds is 2. The number of nitrogens with zero attached hydrogens (tertiary/aromatic N) is 1. The van der Waals surface area contributed by atoms with Gasteiger partial charge < -0.3 is 0 Å². The van der Waals surface area contributed by atoms with Crippen LogP contribution in [-0.4, -0.2) is 23.6 Å². The molecule has 0 spiro atoms. The lowest BCUT2D eigenvalue weighted by molar-refractivity contribution is -0.140. The molecule has 1 saturated heterocycles. The zero-order valence-corrected chi connectivity index (χ0v) is 9.84. The smallest absolute Gasteiger partial charge is 0.299 e. The average Bonchev–Trinajstić information content (AvgIpc) is 2.30. The summed E-state index contributed by atoms with van der Waals surface area (Å²) in [5.74, 6) is -5.18. The Morgan fingerprint density at radius 3 is 2.47 bits per heavy atom. The van der Waals surface area contributed by atoms with Crippen LogP contribution in [0, 0.1) is 11.7 Å². The average molecular weight is 264 g/mol. The van der Waals surface area contributed by atoms with Crippen LogP contribution in [0.5, 0.6) is 0 Å². The van der Waals surface area contributed by atoms with Gasteiger partial charge in [-0.05, 0) is 19.1 Å². The van der Waals surface area contributed by atoms with Gasteiger partial charge in [0.2, 0.25) is 5.91 Å². The highest BCUT2D eigenvalue weighted by Crippen LogP contribution is 2.23. The third-order valence-electron chi connectivity index (χ3n) is 2.66. The van der Waals surface area contributed by atoms with Gasteiger partial charge in [0.15, 0.2) is 11.7 Å². The minimum Gasteiger partial charge on any atom is -0.299 e. The summed E-state index contributed by atoms with van der Waals surface area (Å²) in [5.41, 5.74) is -0.302. The van der Waals surface area contributed by atoms with Crippen LogP contribution in [0.2, 0.25) is 0 Å². The molecule has 0 saturated carbocycles. The summed E-state index contributed by atoms with van der Waals surface area (Å²) in [6.45, 7) is 1.05. The number of hydrogen-bond acceptors (Lipinski definition) is 4. The van der Waals surface area contributed by atoms with Crippen LogP contribution in [0.4, 0.5) is 14.9 Å². The van der Waals surface area contributed by atoms with Crippen molar-refractivity contribution in [1.29, 1.82) is 0 Å². The molecule has 1 aliphatic heterocycles. The molecule has 19 heavy (non-hydrogen) atoms. The molecule has 1 heterocycles. The highest BCUT2D eigenvalue weighted by Gasteiger charge is 2.44. The van der Waals surface area contributed by atoms with E-state index in [-0.39, 0.29) is 5.69 Å². The first-order valence-electron chi connectivity index (χ1n) is 5.37. The van der Waals surface area contributed by atoms with E-state index in [4.69, 9.17) is 0 Å². The quantitative estimate of drug-likeness (QED) is 0.793. The van der Waals surface area contributed by atoms with Gasteiger partial charge in [-0.25, -0.2) is 14.1 Å². The van der Waals surface area contributed by atoms with Gasteiger partial charge >= 0.3 is 6.03 Å². The van der Waals surface area contributed by atoms with Gasteiger partial charge in [0.05, 0.1) is 5.69 Å². The minimum absolute atomic E-state index is 0.302. The first-order chi connectivity index (χ1) is 8.93. The van der Waals surface area contributed by atoms with Crippen molar-refractivity contribution in [3.63, 3.8) is 0 Å². The number of anilines is 1. The van der Waals surface area contributed by atoms with E-state index in [1.807, 2.05) is 5.32 Å². The summed E-state index contributed by atoms with van der Waals surface area (Å²) in [6.07, 6.45) is 0. The fourth-order valence-electron chi connectivity index (χ4n) is 1.79. The van der Waals surface area contributed by atoms with E-state index in [1.165, 1.54) is 18.2 Å². The summed E-state index contributed by atoms with van der Waals surface area (Å²) >= 11 is 0. The molecule has 1 aromatic carbocycles. The van der Waals surface area contributed by atoms with Crippen molar-refractivity contribution in [3.8, 4) is 0 Å². The largest absolute Gasteiger partial charge is 0.335 e. The number of amides is 4. The van der Waals surface area contributed by atoms with Crippen molar-refractivity contribution >= 4 is 29.3 Å². The fraction of sp³-hybridized carbons (Fsp3) is 0.167. The van der Waals surface area contributed by atoms with Crippen LogP contribution < -0.4 is 10.2 Å². The van der Waals surface area contributed by atoms with Crippen LogP contribution in [0.1, 0.15) is 6.92 Å². The lowest BCUT2D eigenvalue weighted by atomic mass is 10.00. The topological polar surface area (TPSA) is 83.6 Å². The number of carbonyl (C=O) groups is 4. The molecule has 0 radical (unpaired) electrons. The normalized spacial score (nSPS) is 19.4. The van der Waals surface area contributed by atoms with Crippen molar-refractivity contribution in [2.45, 2.75) is 6.92 Å². The number of ketones is 1. The number of urea groups is 1. The van der Waals surface area contributed by atoms with Gasteiger partial charge in [-0.3, -0.25) is 19.7 Å². The molecule has 0 aromatic heterocycles. The Morgan fingerprint density at radius 1 is 1.26 bits per heavy atom. The summed E-state index contributed by atoms with van der Waals surface area (Å²) in [7, 11) is 0. The molecule has 1 aromatic rings. The van der Waals surface area contributed by atoms with Gasteiger partial charge in [-0.1, -0.05) is 12.1 Å². The van der Waals surface area contributed by atoms with Crippen molar-refractivity contribution in [1.82, 2.24) is 5.32 Å². The third-order valence-corrected chi connectivity index (χ3v) is 2.66. The van der Waals surface area contributed by atoms with E-state index in [2.05, 4.69) is 0 Å². The highest BCUT2D eigenvalue weighted by molar-refractivity contribution is 6.34. The molecule has 0 aliphatic carbocycles. The van der Waals surface area contributed by atoms with Gasteiger partial charge in [0, 0.05) is 0 Å². The molecular formula is C12H9FN2O4. The Kier molecular flexibility index (Phi) is 3.12. The molecule has 7 heteroatoms. The number of hydrogen-bond donors (Lipinski definition) is 1. The summed E-state index contributed by atoms with van der Waals surface area (Å²) < 4.78 is 13.6. The standard InChI is InChI=1S/C12H9FN2O4/c1-6(16)9-10(17)14-12(19)15(11(9)18)8-5-3-2-4-7(8)13/h2-5,9H,1H3,(H,14,17,19)/t9-/m1/s1. The van der Waals surface area contributed by atoms with Gasteiger partial charge in [-0.2, -0.15) is 0 Å². The summed E-state index contributed by atoms with van der Waals surface area (Å²) in [6, 6.07) is 4.02. The SMILES string of the molecule is CC(=O)[C@@H]1C(=O)NC(=O)N(c2ccccc2F)C1=O. The van der Waals surface area contributed by atoms with Crippen LogP contribution >= 0.6 is 0 Å². The molecule has 0 unspecified atom stereocenters. The third kappa shape index (κ3) is 2.10. The van der Waals surface area contributed by atoms with Crippen LogP contribution in [-0.2, 0) is 14.4 Å². The maximum absolute atomic E-state index is 13.6. The molecule has 0 bridgehead atoms. The predicted molar refractivity (Wildman–Crippen MR) is 61.6 cm³/mol. The van der Waals surface area contributed by atoms with E-state index in [9.17, 15) is 23.6 Å². The Balaban J connectivity index is 2.48. The van der Waals surface area contributed by atoms with E-state index >= 15 is 0 Å². The second kappa shape index (κ2) is 4.60. The zero-order chi connectivity index (χ0) is 14.2. The van der Waals surface area contributed by atoms with Gasteiger partial charge in [0.25, 0.3) is 5.91 Å². The Bertz CT molecular complexity index is 599. The van der Waals surface area contributed by atoms with Crippen molar-refractivity contribution in [3.05, 3.63) is 30.1 Å². The van der Waals surface area contributed by atoms with Gasteiger partial charge in [-0.15, -0.1) is 0 Å². The molecule has 1 aliphatic rings. The maximum Gasteiger partial charge on any atom is 0.335 e. The number of para-hydroxylation sites is 1. The molecule has 1 fully saturated rings. The highest BCUT2D eigenvalue weighted by atomic mass is 19.1. The number of imide groups is 2. The van der Waals surface area contributed by atoms with Crippen molar-refractivity contribution in [2.24, 2.45) is 5.92 Å². The molecule has 98 valence electrons. The van der Waals surface area contributed by atoms with E-state index < -0.39 is 35.4 Å². The molecule has 4 amide bonds. The number of benzene rings is 1. The van der Waals surface area contributed by atoms with Crippen LogP contribution in [0.25, 0.3) is 0 Å².